The highest BCUT2D eigenvalue weighted by Gasteiger charge is 2.15. The number of hydrogen-bond donors (Lipinski definition) is 2. The Morgan fingerprint density at radius 3 is 2.41 bits per heavy atom. The first-order valence-corrected chi connectivity index (χ1v) is 9.46. The van der Waals surface area contributed by atoms with Crippen molar-refractivity contribution in [3.8, 4) is 5.75 Å². The molecule has 0 spiro atoms. The second-order valence-electron chi connectivity index (χ2n) is 6.56. The molecule has 0 fully saturated rings. The van der Waals surface area contributed by atoms with Gasteiger partial charge in [0.15, 0.2) is 6.61 Å². The van der Waals surface area contributed by atoms with E-state index in [1.165, 1.54) is 0 Å². The third kappa shape index (κ3) is 6.64. The SMILES string of the molecule is CCOc1ccccc1C(=O)NCC(=O)OCC(=O)Nc1ccccc1C(C)C. The van der Waals surface area contributed by atoms with Gasteiger partial charge in [0.05, 0.1) is 12.2 Å². The van der Waals surface area contributed by atoms with Gasteiger partial charge in [-0.15, -0.1) is 0 Å². The summed E-state index contributed by atoms with van der Waals surface area (Å²) in [7, 11) is 0. The number of amides is 2. The predicted octanol–water partition coefficient (Wildman–Crippen LogP) is 3.12. The Balaban J connectivity index is 1.82. The molecule has 2 N–H and O–H groups in total. The molecule has 29 heavy (non-hydrogen) atoms. The van der Waals surface area contributed by atoms with Crippen LogP contribution in [0.5, 0.6) is 5.75 Å². The number of ether oxygens (including phenoxy) is 2. The van der Waals surface area contributed by atoms with Crippen molar-refractivity contribution in [1.82, 2.24) is 5.32 Å². The van der Waals surface area contributed by atoms with Crippen molar-refractivity contribution in [1.29, 1.82) is 0 Å². The first-order valence-electron chi connectivity index (χ1n) is 9.46. The summed E-state index contributed by atoms with van der Waals surface area (Å²) in [5.41, 5.74) is 2.00. The molecule has 0 bridgehead atoms. The first kappa shape index (κ1) is 21.9. The standard InChI is InChI=1S/C22H26N2O5/c1-4-28-19-12-8-6-10-17(19)22(27)23-13-21(26)29-14-20(25)24-18-11-7-5-9-16(18)15(2)3/h5-12,15H,4,13-14H2,1-3H3,(H,23,27)(H,24,25). The normalized spacial score (nSPS) is 10.3. The maximum Gasteiger partial charge on any atom is 0.325 e. The van der Waals surface area contributed by atoms with Crippen LogP contribution in [0.4, 0.5) is 5.69 Å². The Morgan fingerprint density at radius 1 is 1.00 bits per heavy atom. The Bertz CT molecular complexity index is 864. The van der Waals surface area contributed by atoms with Crippen molar-refractivity contribution in [3.63, 3.8) is 0 Å². The summed E-state index contributed by atoms with van der Waals surface area (Å²) in [6, 6.07) is 14.2. The van der Waals surface area contributed by atoms with Gasteiger partial charge in [-0.25, -0.2) is 0 Å². The summed E-state index contributed by atoms with van der Waals surface area (Å²) in [5.74, 6) is -0.937. The van der Waals surface area contributed by atoms with Crippen molar-refractivity contribution in [2.24, 2.45) is 0 Å². The quantitative estimate of drug-likeness (QED) is 0.633. The average molecular weight is 398 g/mol. The number of carbonyl (C=O) groups excluding carboxylic acids is 3. The third-order valence-corrected chi connectivity index (χ3v) is 4.05. The Labute approximate surface area is 170 Å². The maximum atomic E-state index is 12.2. The Morgan fingerprint density at radius 2 is 1.69 bits per heavy atom. The van der Waals surface area contributed by atoms with Gasteiger partial charge in [0.1, 0.15) is 12.3 Å². The minimum Gasteiger partial charge on any atom is -0.493 e. The van der Waals surface area contributed by atoms with Crippen LogP contribution in [0.2, 0.25) is 0 Å². The molecule has 2 aromatic carbocycles. The van der Waals surface area contributed by atoms with Crippen LogP contribution in [-0.4, -0.2) is 37.5 Å². The largest absolute Gasteiger partial charge is 0.493 e. The average Bonchev–Trinajstić information content (AvgIpc) is 2.71. The van der Waals surface area contributed by atoms with Crippen LogP contribution < -0.4 is 15.4 Å². The van der Waals surface area contributed by atoms with E-state index in [2.05, 4.69) is 10.6 Å². The van der Waals surface area contributed by atoms with Crippen LogP contribution in [0.15, 0.2) is 48.5 Å². The lowest BCUT2D eigenvalue weighted by atomic mass is 10.0. The minimum absolute atomic E-state index is 0.240. The van der Waals surface area contributed by atoms with Crippen molar-refractivity contribution in [2.75, 3.05) is 25.1 Å². The smallest absolute Gasteiger partial charge is 0.325 e. The van der Waals surface area contributed by atoms with Crippen LogP contribution >= 0.6 is 0 Å². The second-order valence-corrected chi connectivity index (χ2v) is 6.56. The molecule has 2 rings (SSSR count). The molecule has 2 amide bonds. The van der Waals surface area contributed by atoms with Gasteiger partial charge >= 0.3 is 5.97 Å². The van der Waals surface area contributed by atoms with E-state index in [9.17, 15) is 14.4 Å². The molecule has 7 nitrogen and oxygen atoms in total. The number of nitrogens with one attached hydrogen (secondary N) is 2. The second kappa shape index (κ2) is 10.8. The fraction of sp³-hybridized carbons (Fsp3) is 0.318. The van der Waals surface area contributed by atoms with Crippen molar-refractivity contribution < 1.29 is 23.9 Å². The van der Waals surface area contributed by atoms with E-state index < -0.39 is 24.4 Å². The molecule has 0 saturated heterocycles. The summed E-state index contributed by atoms with van der Waals surface area (Å²) >= 11 is 0. The Kier molecular flexibility index (Phi) is 8.21. The molecule has 0 radical (unpaired) electrons. The van der Waals surface area contributed by atoms with Crippen molar-refractivity contribution in [3.05, 3.63) is 59.7 Å². The van der Waals surface area contributed by atoms with Crippen LogP contribution in [0.25, 0.3) is 0 Å². The van der Waals surface area contributed by atoms with E-state index in [4.69, 9.17) is 9.47 Å². The monoisotopic (exact) mass is 398 g/mol. The minimum atomic E-state index is -0.709. The van der Waals surface area contributed by atoms with Crippen molar-refractivity contribution >= 4 is 23.5 Å². The molecule has 0 saturated carbocycles. The van der Waals surface area contributed by atoms with E-state index in [1.54, 1.807) is 30.3 Å². The highest BCUT2D eigenvalue weighted by Crippen LogP contribution is 2.23. The maximum absolute atomic E-state index is 12.2. The molecule has 154 valence electrons. The van der Waals surface area contributed by atoms with Crippen molar-refractivity contribution in [2.45, 2.75) is 26.7 Å². The van der Waals surface area contributed by atoms with Gasteiger partial charge in [0.25, 0.3) is 11.8 Å². The molecule has 0 heterocycles. The van der Waals surface area contributed by atoms with Gasteiger partial charge in [0, 0.05) is 5.69 Å². The third-order valence-electron chi connectivity index (χ3n) is 4.05. The fourth-order valence-electron chi connectivity index (χ4n) is 2.68. The summed E-state index contributed by atoms with van der Waals surface area (Å²) < 4.78 is 10.3. The fourth-order valence-corrected chi connectivity index (χ4v) is 2.68. The number of carbonyl (C=O) groups is 3. The highest BCUT2D eigenvalue weighted by atomic mass is 16.5. The molecular formula is C22H26N2O5. The number of para-hydroxylation sites is 2. The number of anilines is 1. The molecular weight excluding hydrogens is 372 g/mol. The van der Waals surface area contributed by atoms with Gasteiger partial charge in [0.2, 0.25) is 0 Å². The first-order chi connectivity index (χ1) is 13.9. The molecule has 0 aromatic heterocycles. The lowest BCUT2D eigenvalue weighted by Gasteiger charge is -2.14. The topological polar surface area (TPSA) is 93.7 Å². The summed E-state index contributed by atoms with van der Waals surface area (Å²) in [6.45, 7) is 5.50. The van der Waals surface area contributed by atoms with Gasteiger partial charge < -0.3 is 20.1 Å². The molecule has 0 unspecified atom stereocenters. The summed E-state index contributed by atoms with van der Waals surface area (Å²) in [6.07, 6.45) is 0. The molecule has 0 aliphatic rings. The van der Waals surface area contributed by atoms with Gasteiger partial charge in [-0.05, 0) is 36.6 Å². The van der Waals surface area contributed by atoms with E-state index in [0.29, 0.717) is 23.6 Å². The lowest BCUT2D eigenvalue weighted by molar-refractivity contribution is -0.146. The molecule has 0 aliphatic heterocycles. The van der Waals surface area contributed by atoms with E-state index in [-0.39, 0.29) is 12.5 Å². The van der Waals surface area contributed by atoms with E-state index in [1.807, 2.05) is 39.0 Å². The lowest BCUT2D eigenvalue weighted by Crippen LogP contribution is -2.32. The summed E-state index contributed by atoms with van der Waals surface area (Å²) in [5, 5.41) is 5.21. The van der Waals surface area contributed by atoms with Crippen LogP contribution in [0, 0.1) is 0 Å². The Hall–Kier alpha value is -3.35. The number of esters is 1. The van der Waals surface area contributed by atoms with Gasteiger partial charge in [-0.3, -0.25) is 14.4 Å². The van der Waals surface area contributed by atoms with E-state index in [0.717, 1.165) is 5.56 Å². The zero-order valence-corrected chi connectivity index (χ0v) is 16.9. The zero-order valence-electron chi connectivity index (χ0n) is 16.9. The molecule has 0 aliphatic carbocycles. The number of hydrogen-bond acceptors (Lipinski definition) is 5. The van der Waals surface area contributed by atoms with Gasteiger partial charge in [-0.2, -0.15) is 0 Å². The summed E-state index contributed by atoms with van der Waals surface area (Å²) in [4.78, 5) is 36.2. The van der Waals surface area contributed by atoms with Crippen LogP contribution in [-0.2, 0) is 14.3 Å². The van der Waals surface area contributed by atoms with Gasteiger partial charge in [-0.1, -0.05) is 44.2 Å². The molecule has 0 atom stereocenters. The number of benzene rings is 2. The molecule has 2 aromatic rings. The van der Waals surface area contributed by atoms with E-state index >= 15 is 0 Å². The zero-order chi connectivity index (χ0) is 21.2. The highest BCUT2D eigenvalue weighted by molar-refractivity contribution is 5.98. The molecule has 7 heteroatoms. The number of rotatable bonds is 9. The van der Waals surface area contributed by atoms with Crippen LogP contribution in [0.1, 0.15) is 42.6 Å². The predicted molar refractivity (Wildman–Crippen MR) is 110 cm³/mol. The van der Waals surface area contributed by atoms with Crippen LogP contribution in [0.3, 0.4) is 0 Å².